The number of aryl methyl sites for hydroxylation is 2. The Kier molecular flexibility index (Phi) is 5.29. The van der Waals surface area contributed by atoms with Gasteiger partial charge < -0.3 is 14.5 Å². The molecule has 1 aliphatic rings. The molecule has 1 fully saturated rings. The maximum Gasteiger partial charge on any atom is 0.312 e. The minimum Gasteiger partial charge on any atom is -0.490 e. The highest BCUT2D eigenvalue weighted by molar-refractivity contribution is 6.35. The topological polar surface area (TPSA) is 49.9 Å². The minimum atomic E-state index is -0.455. The van der Waals surface area contributed by atoms with Crippen LogP contribution in [0, 0.1) is 13.8 Å². The van der Waals surface area contributed by atoms with E-state index in [0.717, 1.165) is 11.1 Å². The number of benzene rings is 1. The second-order valence-corrected chi connectivity index (χ2v) is 5.83. The summed E-state index contributed by atoms with van der Waals surface area (Å²) in [5, 5.41) is 0.565. The molecule has 2 rings (SSSR count). The molecule has 2 amide bonds. The summed E-state index contributed by atoms with van der Waals surface area (Å²) >= 11 is 6.18. The van der Waals surface area contributed by atoms with Crippen molar-refractivity contribution in [1.29, 1.82) is 0 Å². The van der Waals surface area contributed by atoms with E-state index in [4.69, 9.17) is 16.3 Å². The number of hydrogen-bond donors (Lipinski definition) is 0. The molecule has 0 atom stereocenters. The van der Waals surface area contributed by atoms with Gasteiger partial charge in [0.2, 0.25) is 0 Å². The first-order valence-electron chi connectivity index (χ1n) is 7.41. The molecule has 0 N–H and O–H groups in total. The SMILES string of the molecule is CCN1CCN(CCOc2c(C)cc(C)cc2Cl)C(=O)C1=O. The highest BCUT2D eigenvalue weighted by atomic mass is 35.5. The molecule has 1 heterocycles. The number of piperazine rings is 1. The van der Waals surface area contributed by atoms with Crippen molar-refractivity contribution in [2.75, 3.05) is 32.8 Å². The van der Waals surface area contributed by atoms with E-state index in [1.54, 1.807) is 4.90 Å². The summed E-state index contributed by atoms with van der Waals surface area (Å²) in [5.74, 6) is -0.250. The summed E-state index contributed by atoms with van der Waals surface area (Å²) in [4.78, 5) is 26.9. The molecule has 0 unspecified atom stereocenters. The molecule has 1 aliphatic heterocycles. The fourth-order valence-corrected chi connectivity index (χ4v) is 2.95. The molecule has 0 aromatic heterocycles. The van der Waals surface area contributed by atoms with E-state index >= 15 is 0 Å². The molecule has 0 spiro atoms. The Balaban J connectivity index is 1.92. The van der Waals surface area contributed by atoms with Gasteiger partial charge in [-0.3, -0.25) is 9.59 Å². The number of ether oxygens (including phenoxy) is 1. The lowest BCUT2D eigenvalue weighted by Gasteiger charge is -2.33. The zero-order chi connectivity index (χ0) is 16.3. The molecule has 0 aliphatic carbocycles. The smallest absolute Gasteiger partial charge is 0.312 e. The Morgan fingerprint density at radius 2 is 1.77 bits per heavy atom. The Morgan fingerprint density at radius 3 is 2.41 bits per heavy atom. The first-order chi connectivity index (χ1) is 10.4. The van der Waals surface area contributed by atoms with E-state index in [9.17, 15) is 9.59 Å². The van der Waals surface area contributed by atoms with Gasteiger partial charge in [-0.25, -0.2) is 0 Å². The number of halogens is 1. The van der Waals surface area contributed by atoms with Gasteiger partial charge in [0.25, 0.3) is 0 Å². The normalized spacial score (nSPS) is 15.5. The molecule has 0 radical (unpaired) electrons. The van der Waals surface area contributed by atoms with Crippen molar-refractivity contribution in [3.05, 3.63) is 28.3 Å². The van der Waals surface area contributed by atoms with Gasteiger partial charge in [0, 0.05) is 19.6 Å². The summed E-state index contributed by atoms with van der Waals surface area (Å²) in [5.41, 5.74) is 2.04. The fourth-order valence-electron chi connectivity index (χ4n) is 2.57. The number of nitrogens with zero attached hydrogens (tertiary/aromatic N) is 2. The molecular formula is C16H21ClN2O3. The van der Waals surface area contributed by atoms with E-state index in [0.29, 0.717) is 43.6 Å². The van der Waals surface area contributed by atoms with Crippen molar-refractivity contribution in [2.24, 2.45) is 0 Å². The van der Waals surface area contributed by atoms with E-state index in [1.165, 1.54) is 4.90 Å². The van der Waals surface area contributed by atoms with Crippen LogP contribution in [0.2, 0.25) is 5.02 Å². The molecule has 1 saturated heterocycles. The van der Waals surface area contributed by atoms with Crippen LogP contribution < -0.4 is 4.74 Å². The van der Waals surface area contributed by atoms with Gasteiger partial charge in [-0.1, -0.05) is 17.7 Å². The number of amides is 2. The number of rotatable bonds is 5. The van der Waals surface area contributed by atoms with Crippen LogP contribution in [0.4, 0.5) is 0 Å². The Morgan fingerprint density at radius 1 is 1.14 bits per heavy atom. The van der Waals surface area contributed by atoms with Crippen molar-refractivity contribution < 1.29 is 14.3 Å². The number of likely N-dealkylation sites (N-methyl/N-ethyl adjacent to an activating group) is 1. The lowest BCUT2D eigenvalue weighted by Crippen LogP contribution is -2.54. The summed E-state index contributed by atoms with van der Waals surface area (Å²) in [6.07, 6.45) is 0. The number of hydrogen-bond acceptors (Lipinski definition) is 3. The van der Waals surface area contributed by atoms with Gasteiger partial charge in [0.15, 0.2) is 0 Å². The van der Waals surface area contributed by atoms with E-state index < -0.39 is 11.8 Å². The van der Waals surface area contributed by atoms with E-state index in [-0.39, 0.29) is 0 Å². The number of carbonyl (C=O) groups is 2. The van der Waals surface area contributed by atoms with Gasteiger partial charge in [0.05, 0.1) is 11.6 Å². The van der Waals surface area contributed by atoms with Gasteiger partial charge in [-0.2, -0.15) is 0 Å². The molecular weight excluding hydrogens is 304 g/mol. The third-order valence-electron chi connectivity index (χ3n) is 3.76. The molecule has 1 aromatic carbocycles. The first kappa shape index (κ1) is 16.6. The maximum absolute atomic E-state index is 12.0. The lowest BCUT2D eigenvalue weighted by atomic mass is 10.1. The van der Waals surface area contributed by atoms with Crippen molar-refractivity contribution in [3.63, 3.8) is 0 Å². The Labute approximate surface area is 135 Å². The molecule has 0 saturated carbocycles. The summed E-state index contributed by atoms with van der Waals surface area (Å²) in [7, 11) is 0. The maximum atomic E-state index is 12.0. The van der Waals surface area contributed by atoms with Gasteiger partial charge >= 0.3 is 11.8 Å². The van der Waals surface area contributed by atoms with Gasteiger partial charge in [-0.15, -0.1) is 0 Å². The van der Waals surface area contributed by atoms with Gasteiger partial charge in [0.1, 0.15) is 12.4 Å². The van der Waals surface area contributed by atoms with E-state index in [2.05, 4.69) is 0 Å². The predicted molar refractivity (Wildman–Crippen MR) is 85.3 cm³/mol. The molecule has 5 nitrogen and oxygen atoms in total. The lowest BCUT2D eigenvalue weighted by molar-refractivity contribution is -0.156. The average molecular weight is 325 g/mol. The quantitative estimate of drug-likeness (QED) is 0.779. The van der Waals surface area contributed by atoms with E-state index in [1.807, 2.05) is 32.9 Å². The van der Waals surface area contributed by atoms with Crippen molar-refractivity contribution in [3.8, 4) is 5.75 Å². The Bertz CT molecular complexity index is 566. The van der Waals surface area contributed by atoms with Crippen LogP contribution in [0.5, 0.6) is 5.75 Å². The largest absolute Gasteiger partial charge is 0.490 e. The van der Waals surface area contributed by atoms with Crippen LogP contribution in [-0.4, -0.2) is 54.4 Å². The van der Waals surface area contributed by atoms with Crippen LogP contribution >= 0.6 is 11.6 Å². The van der Waals surface area contributed by atoms with Crippen molar-refractivity contribution >= 4 is 23.4 Å². The monoisotopic (exact) mass is 324 g/mol. The summed E-state index contributed by atoms with van der Waals surface area (Å²) in [6, 6.07) is 3.84. The highest BCUT2D eigenvalue weighted by Crippen LogP contribution is 2.29. The van der Waals surface area contributed by atoms with Crippen LogP contribution in [0.3, 0.4) is 0 Å². The second-order valence-electron chi connectivity index (χ2n) is 5.42. The molecule has 22 heavy (non-hydrogen) atoms. The number of carbonyl (C=O) groups excluding carboxylic acids is 2. The summed E-state index contributed by atoms with van der Waals surface area (Å²) in [6.45, 7) is 8.15. The standard InChI is InChI=1S/C16H21ClN2O3/c1-4-18-5-6-19(16(21)15(18)20)7-8-22-14-12(3)9-11(2)10-13(14)17/h9-10H,4-8H2,1-3H3. The molecule has 0 bridgehead atoms. The zero-order valence-corrected chi connectivity index (χ0v) is 13.9. The average Bonchev–Trinajstić information content (AvgIpc) is 2.46. The predicted octanol–water partition coefficient (Wildman–Crippen LogP) is 2.03. The van der Waals surface area contributed by atoms with Crippen LogP contribution in [-0.2, 0) is 9.59 Å². The molecule has 120 valence electrons. The Hall–Kier alpha value is -1.75. The zero-order valence-electron chi connectivity index (χ0n) is 13.2. The van der Waals surface area contributed by atoms with Gasteiger partial charge in [-0.05, 0) is 38.0 Å². The minimum absolute atomic E-state index is 0.314. The third-order valence-corrected chi connectivity index (χ3v) is 4.04. The highest BCUT2D eigenvalue weighted by Gasteiger charge is 2.31. The fraction of sp³-hybridized carbons (Fsp3) is 0.500. The first-order valence-corrected chi connectivity index (χ1v) is 7.79. The van der Waals surface area contributed by atoms with Crippen LogP contribution in [0.25, 0.3) is 0 Å². The molecule has 1 aromatic rings. The van der Waals surface area contributed by atoms with Crippen molar-refractivity contribution in [1.82, 2.24) is 9.80 Å². The second kappa shape index (κ2) is 7.01. The van der Waals surface area contributed by atoms with Crippen LogP contribution in [0.15, 0.2) is 12.1 Å². The molecule has 6 heteroatoms. The van der Waals surface area contributed by atoms with Crippen LogP contribution in [0.1, 0.15) is 18.1 Å². The third kappa shape index (κ3) is 3.53. The summed E-state index contributed by atoms with van der Waals surface area (Å²) < 4.78 is 5.71. The van der Waals surface area contributed by atoms with Crippen molar-refractivity contribution in [2.45, 2.75) is 20.8 Å².